The Morgan fingerprint density at radius 2 is 2.33 bits per heavy atom. The fourth-order valence-corrected chi connectivity index (χ4v) is 3.33. The second-order valence-electron chi connectivity index (χ2n) is 4.39. The Kier molecular flexibility index (Phi) is 4.01. The van der Waals surface area contributed by atoms with Crippen molar-refractivity contribution in [3.63, 3.8) is 0 Å². The molecule has 0 radical (unpaired) electrons. The lowest BCUT2D eigenvalue weighted by atomic mass is 10.1. The van der Waals surface area contributed by atoms with Gasteiger partial charge in [-0.2, -0.15) is 11.8 Å². The number of benzene rings is 1. The average Bonchev–Trinajstić information content (AvgIpc) is 2.90. The van der Waals surface area contributed by atoms with Crippen LogP contribution >= 0.6 is 11.8 Å². The molecule has 98 valence electrons. The molecular weight excluding hydrogens is 248 g/mol. The van der Waals surface area contributed by atoms with Gasteiger partial charge in [0, 0.05) is 24.4 Å². The molecule has 0 spiro atoms. The first-order chi connectivity index (χ1) is 8.63. The van der Waals surface area contributed by atoms with Crippen LogP contribution in [0, 0.1) is 0 Å². The number of nitrogen functional groups attached to an aromatic ring is 1. The van der Waals surface area contributed by atoms with Crippen LogP contribution in [0.15, 0.2) is 18.2 Å². The molecule has 2 rings (SSSR count). The fraction of sp³-hybridized carbons (Fsp3) is 0.462. The summed E-state index contributed by atoms with van der Waals surface area (Å²) in [6, 6.07) is 5.52. The van der Waals surface area contributed by atoms with Gasteiger partial charge in [0.05, 0.1) is 12.8 Å². The Balaban J connectivity index is 2.15. The summed E-state index contributed by atoms with van der Waals surface area (Å²) < 4.78 is 5.09. The lowest BCUT2D eigenvalue weighted by molar-refractivity contribution is 0.0748. The van der Waals surface area contributed by atoms with Crippen LogP contribution in [-0.2, 0) is 0 Å². The van der Waals surface area contributed by atoms with Gasteiger partial charge in [0.1, 0.15) is 5.75 Å². The first-order valence-electron chi connectivity index (χ1n) is 5.92. The average molecular weight is 266 g/mol. The minimum Gasteiger partial charge on any atom is -0.495 e. The zero-order valence-corrected chi connectivity index (χ0v) is 11.5. The summed E-state index contributed by atoms with van der Waals surface area (Å²) in [5.74, 6) is 2.78. The molecule has 1 heterocycles. The zero-order valence-electron chi connectivity index (χ0n) is 10.7. The second kappa shape index (κ2) is 5.52. The van der Waals surface area contributed by atoms with E-state index in [1.165, 1.54) is 0 Å². The van der Waals surface area contributed by atoms with Gasteiger partial charge in [-0.15, -0.1) is 0 Å². The smallest absolute Gasteiger partial charge is 0.253 e. The van der Waals surface area contributed by atoms with Crippen LogP contribution < -0.4 is 10.5 Å². The van der Waals surface area contributed by atoms with Crippen molar-refractivity contribution in [3.05, 3.63) is 23.8 Å². The highest BCUT2D eigenvalue weighted by Crippen LogP contribution is 2.25. The van der Waals surface area contributed by atoms with Crippen molar-refractivity contribution in [1.82, 2.24) is 4.90 Å². The van der Waals surface area contributed by atoms with E-state index in [4.69, 9.17) is 10.5 Å². The van der Waals surface area contributed by atoms with E-state index in [0.29, 0.717) is 23.0 Å². The van der Waals surface area contributed by atoms with Gasteiger partial charge in [-0.1, -0.05) is 0 Å². The number of nitrogens with two attached hydrogens (primary N) is 1. The highest BCUT2D eigenvalue weighted by molar-refractivity contribution is 7.99. The van der Waals surface area contributed by atoms with Crippen LogP contribution in [0.2, 0.25) is 0 Å². The molecule has 1 saturated heterocycles. The minimum atomic E-state index is 0.0249. The first kappa shape index (κ1) is 13.1. The molecule has 1 atom stereocenters. The molecule has 1 aliphatic heterocycles. The molecule has 18 heavy (non-hydrogen) atoms. The number of nitrogens with zero attached hydrogens (tertiary/aromatic N) is 1. The number of thioether (sulfide) groups is 1. The Hall–Kier alpha value is -1.36. The molecule has 1 unspecified atom stereocenters. The van der Waals surface area contributed by atoms with E-state index in [2.05, 4.69) is 0 Å². The maximum absolute atomic E-state index is 12.3. The highest BCUT2D eigenvalue weighted by atomic mass is 32.2. The molecule has 0 aromatic heterocycles. The number of ether oxygens (including phenoxy) is 1. The Labute approximate surface area is 111 Å². The molecule has 1 fully saturated rings. The standard InChI is InChI=1S/C13H18N2O2S/c1-15(10-5-6-18-8-10)13(16)9-3-4-12(17-2)11(14)7-9/h3-4,7,10H,5-6,8,14H2,1-2H3. The molecular formula is C13H18N2O2S. The monoisotopic (exact) mass is 266 g/mol. The van der Waals surface area contributed by atoms with Crippen LogP contribution in [-0.4, -0.2) is 42.5 Å². The largest absolute Gasteiger partial charge is 0.495 e. The van der Waals surface area contributed by atoms with E-state index in [0.717, 1.165) is 17.9 Å². The predicted octanol–water partition coefficient (Wildman–Crippen LogP) is 1.85. The third-order valence-corrected chi connectivity index (χ3v) is 4.40. The molecule has 1 aromatic carbocycles. The topological polar surface area (TPSA) is 55.6 Å². The molecule has 2 N–H and O–H groups in total. The molecule has 1 aromatic rings. The van der Waals surface area contributed by atoms with E-state index >= 15 is 0 Å². The number of carbonyl (C=O) groups is 1. The summed E-state index contributed by atoms with van der Waals surface area (Å²) in [6.45, 7) is 0. The fourth-order valence-electron chi connectivity index (χ4n) is 2.06. The minimum absolute atomic E-state index is 0.0249. The number of carbonyl (C=O) groups excluding carboxylic acids is 1. The van der Waals surface area contributed by atoms with E-state index in [-0.39, 0.29) is 5.91 Å². The lowest BCUT2D eigenvalue weighted by Crippen LogP contribution is -2.36. The van der Waals surface area contributed by atoms with Crippen molar-refractivity contribution in [2.45, 2.75) is 12.5 Å². The van der Waals surface area contributed by atoms with E-state index < -0.39 is 0 Å². The van der Waals surface area contributed by atoms with Gasteiger partial charge in [0.25, 0.3) is 5.91 Å². The van der Waals surface area contributed by atoms with Crippen molar-refractivity contribution in [2.75, 3.05) is 31.4 Å². The molecule has 0 saturated carbocycles. The van der Waals surface area contributed by atoms with E-state index in [1.807, 2.05) is 23.7 Å². The van der Waals surface area contributed by atoms with Crippen LogP contribution in [0.1, 0.15) is 16.8 Å². The Morgan fingerprint density at radius 3 is 2.89 bits per heavy atom. The van der Waals surface area contributed by atoms with Gasteiger partial charge >= 0.3 is 0 Å². The molecule has 5 heteroatoms. The van der Waals surface area contributed by atoms with Crippen LogP contribution in [0.5, 0.6) is 5.75 Å². The molecule has 1 amide bonds. The van der Waals surface area contributed by atoms with Crippen molar-refractivity contribution in [1.29, 1.82) is 0 Å². The third kappa shape index (κ3) is 2.56. The predicted molar refractivity (Wildman–Crippen MR) is 75.2 cm³/mol. The summed E-state index contributed by atoms with van der Waals surface area (Å²) in [7, 11) is 3.42. The summed E-state index contributed by atoms with van der Waals surface area (Å²) >= 11 is 1.89. The van der Waals surface area contributed by atoms with Gasteiger partial charge in [0.15, 0.2) is 0 Å². The summed E-state index contributed by atoms with van der Waals surface area (Å²) in [5, 5.41) is 0. The molecule has 1 aliphatic rings. The number of hydrogen-bond donors (Lipinski definition) is 1. The van der Waals surface area contributed by atoms with Gasteiger partial charge in [-0.05, 0) is 30.4 Å². The van der Waals surface area contributed by atoms with Gasteiger partial charge in [-0.3, -0.25) is 4.79 Å². The number of anilines is 1. The quantitative estimate of drug-likeness (QED) is 0.848. The van der Waals surface area contributed by atoms with Crippen LogP contribution in [0.25, 0.3) is 0 Å². The number of methoxy groups -OCH3 is 1. The summed E-state index contributed by atoms with van der Waals surface area (Å²) in [4.78, 5) is 14.1. The number of hydrogen-bond acceptors (Lipinski definition) is 4. The van der Waals surface area contributed by atoms with E-state index in [9.17, 15) is 4.79 Å². The molecule has 0 aliphatic carbocycles. The van der Waals surface area contributed by atoms with Crippen molar-refractivity contribution >= 4 is 23.4 Å². The molecule has 4 nitrogen and oxygen atoms in total. The van der Waals surface area contributed by atoms with Crippen molar-refractivity contribution in [3.8, 4) is 5.75 Å². The SMILES string of the molecule is COc1ccc(C(=O)N(C)C2CCSC2)cc1N. The molecule has 0 bridgehead atoms. The normalized spacial score (nSPS) is 18.7. The van der Waals surface area contributed by atoms with Crippen molar-refractivity contribution < 1.29 is 9.53 Å². The first-order valence-corrected chi connectivity index (χ1v) is 7.07. The van der Waals surface area contributed by atoms with Crippen LogP contribution in [0.4, 0.5) is 5.69 Å². The maximum atomic E-state index is 12.3. The van der Waals surface area contributed by atoms with E-state index in [1.54, 1.807) is 25.3 Å². The Bertz CT molecular complexity index is 445. The van der Waals surface area contributed by atoms with Gasteiger partial charge < -0.3 is 15.4 Å². The Morgan fingerprint density at radius 1 is 1.56 bits per heavy atom. The lowest BCUT2D eigenvalue weighted by Gasteiger charge is -2.24. The second-order valence-corrected chi connectivity index (χ2v) is 5.54. The highest BCUT2D eigenvalue weighted by Gasteiger charge is 2.24. The number of rotatable bonds is 3. The number of amides is 1. The van der Waals surface area contributed by atoms with Crippen LogP contribution in [0.3, 0.4) is 0 Å². The summed E-state index contributed by atoms with van der Waals surface area (Å²) in [6.07, 6.45) is 1.07. The maximum Gasteiger partial charge on any atom is 0.253 e. The van der Waals surface area contributed by atoms with Crippen molar-refractivity contribution in [2.24, 2.45) is 0 Å². The zero-order chi connectivity index (χ0) is 13.1. The third-order valence-electron chi connectivity index (χ3n) is 3.25. The van der Waals surface area contributed by atoms with Gasteiger partial charge in [-0.25, -0.2) is 0 Å². The van der Waals surface area contributed by atoms with Gasteiger partial charge in [0.2, 0.25) is 0 Å². The summed E-state index contributed by atoms with van der Waals surface area (Å²) in [5.41, 5.74) is 6.94.